The molecule has 1 saturated carbocycles. The second-order valence-electron chi connectivity index (χ2n) is 5.04. The SMILES string of the molecule is CN(C)C1(CNCc2ccc(Br)cn2)CCC1. The van der Waals surface area contributed by atoms with Crippen LogP contribution in [0.1, 0.15) is 25.0 Å². The normalized spacial score (nSPS) is 18.1. The fourth-order valence-electron chi connectivity index (χ4n) is 2.30. The molecule has 3 nitrogen and oxygen atoms in total. The highest BCUT2D eigenvalue weighted by atomic mass is 79.9. The Balaban J connectivity index is 1.81. The van der Waals surface area contributed by atoms with E-state index in [2.05, 4.69) is 51.3 Å². The predicted octanol–water partition coefficient (Wildman–Crippen LogP) is 2.42. The first kappa shape index (κ1) is 13.0. The number of nitrogens with one attached hydrogen (secondary N) is 1. The Morgan fingerprint density at radius 1 is 1.41 bits per heavy atom. The van der Waals surface area contributed by atoms with Crippen LogP contribution in [0.3, 0.4) is 0 Å². The number of nitrogens with zero attached hydrogens (tertiary/aromatic N) is 2. The molecular formula is C13H20BrN3. The van der Waals surface area contributed by atoms with E-state index in [4.69, 9.17) is 0 Å². The van der Waals surface area contributed by atoms with Gasteiger partial charge in [-0.05, 0) is 61.4 Å². The summed E-state index contributed by atoms with van der Waals surface area (Å²) in [6, 6.07) is 4.09. The van der Waals surface area contributed by atoms with Gasteiger partial charge in [-0.1, -0.05) is 0 Å². The monoisotopic (exact) mass is 297 g/mol. The summed E-state index contributed by atoms with van der Waals surface area (Å²) in [6.45, 7) is 1.90. The Hall–Kier alpha value is -0.450. The van der Waals surface area contributed by atoms with E-state index < -0.39 is 0 Å². The van der Waals surface area contributed by atoms with Crippen LogP contribution in [-0.4, -0.2) is 36.1 Å². The average molecular weight is 298 g/mol. The van der Waals surface area contributed by atoms with Gasteiger partial charge >= 0.3 is 0 Å². The number of pyridine rings is 1. The topological polar surface area (TPSA) is 28.2 Å². The van der Waals surface area contributed by atoms with Crippen molar-refractivity contribution in [2.24, 2.45) is 0 Å². The quantitative estimate of drug-likeness (QED) is 0.905. The number of aromatic nitrogens is 1. The number of likely N-dealkylation sites (N-methyl/N-ethyl adjacent to an activating group) is 1. The van der Waals surface area contributed by atoms with Crippen molar-refractivity contribution in [1.82, 2.24) is 15.2 Å². The molecule has 1 fully saturated rings. The lowest BCUT2D eigenvalue weighted by Gasteiger charge is -2.47. The maximum absolute atomic E-state index is 4.36. The molecule has 1 aliphatic rings. The van der Waals surface area contributed by atoms with Gasteiger partial charge < -0.3 is 10.2 Å². The van der Waals surface area contributed by atoms with Gasteiger partial charge in [0.1, 0.15) is 0 Å². The van der Waals surface area contributed by atoms with Crippen molar-refractivity contribution in [3.63, 3.8) is 0 Å². The zero-order valence-corrected chi connectivity index (χ0v) is 12.1. The van der Waals surface area contributed by atoms with Gasteiger partial charge in [0.25, 0.3) is 0 Å². The van der Waals surface area contributed by atoms with Crippen molar-refractivity contribution in [2.45, 2.75) is 31.3 Å². The van der Waals surface area contributed by atoms with Gasteiger partial charge in [0.05, 0.1) is 5.69 Å². The summed E-state index contributed by atoms with van der Waals surface area (Å²) in [5.74, 6) is 0. The third-order valence-corrected chi connectivity index (χ3v) is 4.25. The van der Waals surface area contributed by atoms with Crippen molar-refractivity contribution in [3.05, 3.63) is 28.5 Å². The third-order valence-electron chi connectivity index (χ3n) is 3.78. The van der Waals surface area contributed by atoms with E-state index >= 15 is 0 Å². The highest BCUT2D eigenvalue weighted by molar-refractivity contribution is 9.10. The zero-order valence-electron chi connectivity index (χ0n) is 10.5. The molecular weight excluding hydrogens is 278 g/mol. The van der Waals surface area contributed by atoms with Crippen LogP contribution in [0.25, 0.3) is 0 Å². The van der Waals surface area contributed by atoms with Crippen molar-refractivity contribution < 1.29 is 0 Å². The molecule has 2 rings (SSSR count). The molecule has 17 heavy (non-hydrogen) atoms. The van der Waals surface area contributed by atoms with E-state index in [1.54, 1.807) is 0 Å². The summed E-state index contributed by atoms with van der Waals surface area (Å²) in [5, 5.41) is 3.53. The molecule has 0 bridgehead atoms. The lowest BCUT2D eigenvalue weighted by Crippen LogP contribution is -2.56. The molecule has 0 spiro atoms. The first-order valence-electron chi connectivity index (χ1n) is 6.11. The molecule has 0 aliphatic heterocycles. The van der Waals surface area contributed by atoms with Gasteiger partial charge in [0.2, 0.25) is 0 Å². The van der Waals surface area contributed by atoms with Crippen molar-refractivity contribution in [2.75, 3.05) is 20.6 Å². The smallest absolute Gasteiger partial charge is 0.0542 e. The minimum Gasteiger partial charge on any atom is -0.309 e. The molecule has 1 aliphatic carbocycles. The number of hydrogen-bond donors (Lipinski definition) is 1. The van der Waals surface area contributed by atoms with Gasteiger partial charge in [-0.2, -0.15) is 0 Å². The Bertz CT molecular complexity index is 357. The van der Waals surface area contributed by atoms with Crippen LogP contribution in [0.2, 0.25) is 0 Å². The van der Waals surface area contributed by atoms with Crippen LogP contribution >= 0.6 is 15.9 Å². The summed E-state index contributed by atoms with van der Waals surface area (Å²) < 4.78 is 1.03. The molecule has 1 N–H and O–H groups in total. The summed E-state index contributed by atoms with van der Waals surface area (Å²) >= 11 is 3.40. The van der Waals surface area contributed by atoms with Crippen molar-refractivity contribution in [1.29, 1.82) is 0 Å². The van der Waals surface area contributed by atoms with Crippen LogP contribution in [-0.2, 0) is 6.54 Å². The van der Waals surface area contributed by atoms with Gasteiger partial charge in [0, 0.05) is 29.3 Å². The Morgan fingerprint density at radius 3 is 2.65 bits per heavy atom. The molecule has 0 unspecified atom stereocenters. The van der Waals surface area contributed by atoms with E-state index in [1.807, 2.05) is 12.3 Å². The summed E-state index contributed by atoms with van der Waals surface area (Å²) in [4.78, 5) is 6.72. The summed E-state index contributed by atoms with van der Waals surface area (Å²) in [6.07, 6.45) is 5.82. The van der Waals surface area contributed by atoms with Crippen LogP contribution < -0.4 is 5.32 Å². The van der Waals surface area contributed by atoms with E-state index in [9.17, 15) is 0 Å². The van der Waals surface area contributed by atoms with E-state index in [0.29, 0.717) is 5.54 Å². The minimum absolute atomic E-state index is 0.384. The van der Waals surface area contributed by atoms with Crippen molar-refractivity contribution in [3.8, 4) is 0 Å². The lowest BCUT2D eigenvalue weighted by atomic mass is 9.75. The summed E-state index contributed by atoms with van der Waals surface area (Å²) in [7, 11) is 4.36. The first-order valence-corrected chi connectivity index (χ1v) is 6.90. The molecule has 0 radical (unpaired) electrons. The van der Waals surface area contributed by atoms with Gasteiger partial charge in [-0.3, -0.25) is 4.98 Å². The third kappa shape index (κ3) is 3.06. The van der Waals surface area contributed by atoms with Crippen LogP contribution in [0.15, 0.2) is 22.8 Å². The lowest BCUT2D eigenvalue weighted by molar-refractivity contribution is 0.0597. The molecule has 1 heterocycles. The number of rotatable bonds is 5. The molecule has 94 valence electrons. The molecule has 0 amide bonds. The standard InChI is InChI=1S/C13H20BrN3/c1-17(2)13(6-3-7-13)10-15-9-12-5-4-11(14)8-16-12/h4-5,8,15H,3,6-7,9-10H2,1-2H3. The molecule has 0 aromatic carbocycles. The predicted molar refractivity (Wildman–Crippen MR) is 73.9 cm³/mol. The van der Waals surface area contributed by atoms with Crippen LogP contribution in [0.5, 0.6) is 0 Å². The highest BCUT2D eigenvalue weighted by Crippen LogP contribution is 2.35. The Labute approximate surface area is 112 Å². The average Bonchev–Trinajstić information content (AvgIpc) is 2.24. The van der Waals surface area contributed by atoms with Crippen LogP contribution in [0, 0.1) is 0 Å². The van der Waals surface area contributed by atoms with Crippen LogP contribution in [0.4, 0.5) is 0 Å². The van der Waals surface area contributed by atoms with E-state index in [0.717, 1.165) is 23.3 Å². The largest absolute Gasteiger partial charge is 0.309 e. The second kappa shape index (κ2) is 5.46. The maximum atomic E-state index is 4.36. The van der Waals surface area contributed by atoms with Gasteiger partial charge in [0.15, 0.2) is 0 Å². The second-order valence-corrected chi connectivity index (χ2v) is 5.96. The van der Waals surface area contributed by atoms with E-state index in [1.165, 1.54) is 19.3 Å². The summed E-state index contributed by atoms with van der Waals surface area (Å²) in [5.41, 5.74) is 1.48. The van der Waals surface area contributed by atoms with E-state index in [-0.39, 0.29) is 0 Å². The maximum Gasteiger partial charge on any atom is 0.0542 e. The number of halogens is 1. The highest BCUT2D eigenvalue weighted by Gasteiger charge is 2.38. The fourth-order valence-corrected chi connectivity index (χ4v) is 2.54. The molecule has 4 heteroatoms. The molecule has 0 atom stereocenters. The first-order chi connectivity index (χ1) is 8.12. The van der Waals surface area contributed by atoms with Gasteiger partial charge in [-0.15, -0.1) is 0 Å². The Morgan fingerprint density at radius 2 is 2.18 bits per heavy atom. The molecule has 1 aromatic rings. The molecule has 1 aromatic heterocycles. The molecule has 0 saturated heterocycles. The fraction of sp³-hybridized carbons (Fsp3) is 0.615. The Kier molecular flexibility index (Phi) is 4.17. The minimum atomic E-state index is 0.384. The van der Waals surface area contributed by atoms with Crippen molar-refractivity contribution >= 4 is 15.9 Å². The number of hydrogen-bond acceptors (Lipinski definition) is 3. The zero-order chi connectivity index (χ0) is 12.3. The van der Waals surface area contributed by atoms with Gasteiger partial charge in [-0.25, -0.2) is 0 Å².